The van der Waals surface area contributed by atoms with Gasteiger partial charge in [-0.3, -0.25) is 0 Å². The molecule has 1 atom stereocenters. The summed E-state index contributed by atoms with van der Waals surface area (Å²) in [5.41, 5.74) is 6.41. The number of hydrogen-bond acceptors (Lipinski definition) is 2. The zero-order valence-corrected chi connectivity index (χ0v) is 12.2. The zero-order valence-electron chi connectivity index (χ0n) is 12.2. The second-order valence-corrected chi connectivity index (χ2v) is 6.34. The van der Waals surface area contributed by atoms with Crippen molar-refractivity contribution < 1.29 is 8.78 Å². The first-order valence-corrected chi connectivity index (χ1v) is 6.59. The minimum absolute atomic E-state index is 0.211. The summed E-state index contributed by atoms with van der Waals surface area (Å²) in [6, 6.07) is 3.68. The van der Waals surface area contributed by atoms with E-state index in [0.29, 0.717) is 6.42 Å². The highest BCUT2D eigenvalue weighted by molar-refractivity contribution is 5.22. The van der Waals surface area contributed by atoms with Crippen LogP contribution in [0.3, 0.4) is 0 Å². The molecule has 0 fully saturated rings. The summed E-state index contributed by atoms with van der Waals surface area (Å²) < 4.78 is 26.7. The van der Waals surface area contributed by atoms with Gasteiger partial charge in [-0.25, -0.2) is 8.78 Å². The summed E-state index contributed by atoms with van der Waals surface area (Å²) in [4.78, 5) is 2.16. The van der Waals surface area contributed by atoms with E-state index in [-0.39, 0.29) is 11.0 Å². The largest absolute Gasteiger partial charge is 0.324 e. The SMILES string of the molecule is CN(CCC(N)c1cccc(F)c1F)CC(C)(C)C. The molecule has 19 heavy (non-hydrogen) atoms. The molecule has 0 bridgehead atoms. The zero-order chi connectivity index (χ0) is 14.6. The normalized spacial score (nSPS) is 13.9. The van der Waals surface area contributed by atoms with Crippen molar-refractivity contribution in [1.29, 1.82) is 0 Å². The molecule has 0 heterocycles. The van der Waals surface area contributed by atoms with Gasteiger partial charge in [0.15, 0.2) is 11.6 Å². The van der Waals surface area contributed by atoms with Crippen molar-refractivity contribution in [3.63, 3.8) is 0 Å². The molecule has 0 saturated carbocycles. The number of halogens is 2. The summed E-state index contributed by atoms with van der Waals surface area (Å²) in [5.74, 6) is -1.66. The van der Waals surface area contributed by atoms with Gasteiger partial charge in [-0.2, -0.15) is 0 Å². The highest BCUT2D eigenvalue weighted by Crippen LogP contribution is 2.21. The third-order valence-electron chi connectivity index (χ3n) is 2.95. The van der Waals surface area contributed by atoms with Gasteiger partial charge in [0, 0.05) is 18.2 Å². The summed E-state index contributed by atoms with van der Waals surface area (Å²) in [6.45, 7) is 8.18. The van der Waals surface area contributed by atoms with Gasteiger partial charge < -0.3 is 10.6 Å². The highest BCUT2D eigenvalue weighted by Gasteiger charge is 2.17. The Morgan fingerprint density at radius 2 is 1.89 bits per heavy atom. The average Bonchev–Trinajstić information content (AvgIpc) is 2.27. The van der Waals surface area contributed by atoms with Crippen LogP contribution in [-0.2, 0) is 0 Å². The second-order valence-electron chi connectivity index (χ2n) is 6.34. The molecule has 0 radical (unpaired) electrons. The average molecular weight is 270 g/mol. The first-order valence-electron chi connectivity index (χ1n) is 6.59. The van der Waals surface area contributed by atoms with Crippen molar-refractivity contribution in [1.82, 2.24) is 4.90 Å². The lowest BCUT2D eigenvalue weighted by molar-refractivity contribution is 0.220. The minimum atomic E-state index is -0.837. The van der Waals surface area contributed by atoms with Crippen molar-refractivity contribution in [3.05, 3.63) is 35.4 Å². The third-order valence-corrected chi connectivity index (χ3v) is 2.95. The monoisotopic (exact) mass is 270 g/mol. The molecule has 2 nitrogen and oxygen atoms in total. The Kier molecular flexibility index (Phi) is 5.44. The lowest BCUT2D eigenvalue weighted by atomic mass is 9.96. The Morgan fingerprint density at radius 3 is 2.47 bits per heavy atom. The molecular weight excluding hydrogens is 246 g/mol. The molecule has 4 heteroatoms. The molecule has 1 aromatic carbocycles. The van der Waals surface area contributed by atoms with Gasteiger partial charge in [-0.1, -0.05) is 32.9 Å². The van der Waals surface area contributed by atoms with E-state index in [1.165, 1.54) is 6.07 Å². The van der Waals surface area contributed by atoms with Crippen LogP contribution in [-0.4, -0.2) is 25.0 Å². The van der Waals surface area contributed by atoms with Gasteiger partial charge >= 0.3 is 0 Å². The van der Waals surface area contributed by atoms with Crippen LogP contribution in [0.4, 0.5) is 8.78 Å². The predicted molar refractivity (Wildman–Crippen MR) is 74.9 cm³/mol. The molecular formula is C15H24F2N2. The Hall–Kier alpha value is -1.00. The molecule has 0 saturated heterocycles. The maximum Gasteiger partial charge on any atom is 0.163 e. The van der Waals surface area contributed by atoms with Crippen LogP contribution in [0, 0.1) is 17.0 Å². The van der Waals surface area contributed by atoms with E-state index < -0.39 is 17.7 Å². The van der Waals surface area contributed by atoms with Crippen LogP contribution < -0.4 is 5.73 Å². The Balaban J connectivity index is 2.56. The Morgan fingerprint density at radius 1 is 1.26 bits per heavy atom. The fourth-order valence-electron chi connectivity index (χ4n) is 2.21. The van der Waals surface area contributed by atoms with Crippen molar-refractivity contribution in [3.8, 4) is 0 Å². The van der Waals surface area contributed by atoms with Crippen LogP contribution in [0.25, 0.3) is 0 Å². The molecule has 0 spiro atoms. The lowest BCUT2D eigenvalue weighted by Crippen LogP contribution is -2.31. The second kappa shape index (κ2) is 6.44. The maximum atomic E-state index is 13.6. The molecule has 0 aliphatic heterocycles. The van der Waals surface area contributed by atoms with Crippen LogP contribution >= 0.6 is 0 Å². The summed E-state index contributed by atoms with van der Waals surface area (Å²) in [7, 11) is 2.01. The number of nitrogens with zero attached hydrogens (tertiary/aromatic N) is 1. The molecule has 0 aromatic heterocycles. The van der Waals surface area contributed by atoms with Gasteiger partial charge in [-0.15, -0.1) is 0 Å². The predicted octanol–water partition coefficient (Wildman–Crippen LogP) is 3.33. The van der Waals surface area contributed by atoms with Gasteiger partial charge in [0.25, 0.3) is 0 Å². The minimum Gasteiger partial charge on any atom is -0.324 e. The smallest absolute Gasteiger partial charge is 0.163 e. The van der Waals surface area contributed by atoms with Crippen molar-refractivity contribution in [2.45, 2.75) is 33.2 Å². The molecule has 2 N–H and O–H groups in total. The Labute approximate surface area is 114 Å². The first kappa shape index (κ1) is 16.1. The van der Waals surface area contributed by atoms with Gasteiger partial charge in [0.05, 0.1) is 0 Å². The molecule has 1 rings (SSSR count). The van der Waals surface area contributed by atoms with E-state index in [2.05, 4.69) is 25.7 Å². The van der Waals surface area contributed by atoms with Crippen molar-refractivity contribution in [2.75, 3.05) is 20.1 Å². The van der Waals surface area contributed by atoms with Crippen LogP contribution in [0.1, 0.15) is 38.8 Å². The van der Waals surface area contributed by atoms with Crippen molar-refractivity contribution >= 4 is 0 Å². The van der Waals surface area contributed by atoms with E-state index in [9.17, 15) is 8.78 Å². The highest BCUT2D eigenvalue weighted by atomic mass is 19.2. The van der Waals surface area contributed by atoms with Crippen molar-refractivity contribution in [2.24, 2.45) is 11.1 Å². The molecule has 0 amide bonds. The standard InChI is InChI=1S/C15H24F2N2/c1-15(2,3)10-19(4)9-8-13(18)11-6-5-7-12(16)14(11)17/h5-7,13H,8-10,18H2,1-4H3. The van der Waals surface area contributed by atoms with Crippen LogP contribution in [0.5, 0.6) is 0 Å². The van der Waals surface area contributed by atoms with E-state index in [0.717, 1.165) is 19.2 Å². The van der Waals surface area contributed by atoms with Gasteiger partial charge in [-0.05, 0) is 31.5 Å². The van der Waals surface area contributed by atoms with E-state index >= 15 is 0 Å². The third kappa shape index (κ3) is 5.25. The maximum absolute atomic E-state index is 13.6. The summed E-state index contributed by atoms with van der Waals surface area (Å²) >= 11 is 0. The molecule has 1 aromatic rings. The quantitative estimate of drug-likeness (QED) is 0.889. The van der Waals surface area contributed by atoms with E-state index in [1.54, 1.807) is 6.07 Å². The molecule has 1 unspecified atom stereocenters. The number of benzene rings is 1. The number of hydrogen-bond donors (Lipinski definition) is 1. The first-order chi connectivity index (χ1) is 8.70. The summed E-state index contributed by atoms with van der Waals surface area (Å²) in [6.07, 6.45) is 0.604. The number of nitrogens with two attached hydrogens (primary N) is 1. The molecule has 108 valence electrons. The fourth-order valence-corrected chi connectivity index (χ4v) is 2.21. The molecule has 0 aliphatic rings. The lowest BCUT2D eigenvalue weighted by Gasteiger charge is -2.27. The van der Waals surface area contributed by atoms with E-state index in [4.69, 9.17) is 5.73 Å². The van der Waals surface area contributed by atoms with Gasteiger partial charge in [0.1, 0.15) is 0 Å². The van der Waals surface area contributed by atoms with E-state index in [1.807, 2.05) is 7.05 Å². The van der Waals surface area contributed by atoms with Crippen LogP contribution in [0.15, 0.2) is 18.2 Å². The van der Waals surface area contributed by atoms with Gasteiger partial charge in [0.2, 0.25) is 0 Å². The fraction of sp³-hybridized carbons (Fsp3) is 0.600. The topological polar surface area (TPSA) is 29.3 Å². The Bertz CT molecular complexity index is 413. The molecule has 0 aliphatic carbocycles. The summed E-state index contributed by atoms with van der Waals surface area (Å²) in [5, 5.41) is 0. The van der Waals surface area contributed by atoms with Crippen LogP contribution in [0.2, 0.25) is 0 Å². The number of rotatable bonds is 5.